The van der Waals surface area contributed by atoms with Gasteiger partial charge in [-0.25, -0.2) is 4.79 Å². The number of benzene rings is 1. The lowest BCUT2D eigenvalue weighted by atomic mass is 10.2. The van der Waals surface area contributed by atoms with Crippen molar-refractivity contribution in [2.24, 2.45) is 0 Å². The van der Waals surface area contributed by atoms with Crippen molar-refractivity contribution in [1.29, 1.82) is 0 Å². The Morgan fingerprint density at radius 2 is 1.73 bits per heavy atom. The highest BCUT2D eigenvalue weighted by Crippen LogP contribution is 2.20. The number of hydrogen-bond acceptors (Lipinski definition) is 6. The minimum absolute atomic E-state index is 0.485. The van der Waals surface area contributed by atoms with Crippen LogP contribution in [0, 0.1) is 0 Å². The van der Waals surface area contributed by atoms with Crippen molar-refractivity contribution in [2.75, 3.05) is 20.3 Å². The van der Waals surface area contributed by atoms with Crippen LogP contribution in [0.3, 0.4) is 0 Å². The van der Waals surface area contributed by atoms with E-state index in [1.165, 1.54) is 6.08 Å². The van der Waals surface area contributed by atoms with Gasteiger partial charge in [-0.3, -0.25) is 0 Å². The summed E-state index contributed by atoms with van der Waals surface area (Å²) in [7, 11) is -1.23. The van der Waals surface area contributed by atoms with Crippen LogP contribution in [-0.2, 0) is 22.8 Å². The average molecular weight is 383 g/mol. The molecule has 1 unspecified atom stereocenters. The Balaban J connectivity index is 2.64. The zero-order valence-corrected chi connectivity index (χ0v) is 17.3. The van der Waals surface area contributed by atoms with E-state index < -0.39 is 21.1 Å². The SMILES string of the molecule is CCC[Si](OCC)(OCC)OC(C)OC(=O)C=Cc1ccc(OC)cc1. The molecule has 0 radical (unpaired) electrons. The molecule has 146 valence electrons. The van der Waals surface area contributed by atoms with Gasteiger partial charge in [-0.2, -0.15) is 0 Å². The quantitative estimate of drug-likeness (QED) is 0.235. The first-order valence-electron chi connectivity index (χ1n) is 8.97. The van der Waals surface area contributed by atoms with Gasteiger partial charge in [0.1, 0.15) is 5.75 Å². The number of esters is 1. The lowest BCUT2D eigenvalue weighted by Gasteiger charge is -2.30. The van der Waals surface area contributed by atoms with Crippen molar-refractivity contribution in [2.45, 2.75) is 46.4 Å². The molecule has 1 atom stereocenters. The van der Waals surface area contributed by atoms with E-state index in [9.17, 15) is 4.79 Å². The molecule has 7 heteroatoms. The molecular formula is C19H30O6Si. The predicted octanol–water partition coefficient (Wildman–Crippen LogP) is 4.04. The molecule has 0 aliphatic carbocycles. The first-order chi connectivity index (χ1) is 12.5. The lowest BCUT2D eigenvalue weighted by Crippen LogP contribution is -2.48. The van der Waals surface area contributed by atoms with Crippen LogP contribution in [0.4, 0.5) is 0 Å². The van der Waals surface area contributed by atoms with E-state index in [-0.39, 0.29) is 0 Å². The second-order valence-electron chi connectivity index (χ2n) is 5.53. The number of methoxy groups -OCH3 is 1. The van der Waals surface area contributed by atoms with Gasteiger partial charge in [0.25, 0.3) is 0 Å². The zero-order chi connectivity index (χ0) is 19.4. The molecule has 26 heavy (non-hydrogen) atoms. The maximum absolute atomic E-state index is 12.0. The smallest absolute Gasteiger partial charge is 0.497 e. The summed E-state index contributed by atoms with van der Waals surface area (Å²) >= 11 is 0. The molecule has 0 aliphatic heterocycles. The number of carbonyl (C=O) groups excluding carboxylic acids is 1. The van der Waals surface area contributed by atoms with Crippen molar-refractivity contribution in [3.05, 3.63) is 35.9 Å². The summed E-state index contributed by atoms with van der Waals surface area (Å²) in [6.07, 6.45) is 3.16. The van der Waals surface area contributed by atoms with E-state index in [0.717, 1.165) is 17.7 Å². The van der Waals surface area contributed by atoms with Crippen LogP contribution in [0.2, 0.25) is 6.04 Å². The molecule has 0 bridgehead atoms. The Morgan fingerprint density at radius 1 is 1.12 bits per heavy atom. The predicted molar refractivity (Wildman–Crippen MR) is 103 cm³/mol. The largest absolute Gasteiger partial charge is 0.503 e. The molecule has 1 rings (SSSR count). The third-order valence-corrected chi connectivity index (χ3v) is 6.70. The molecule has 0 aliphatic rings. The van der Waals surface area contributed by atoms with Crippen LogP contribution in [0.25, 0.3) is 6.08 Å². The Bertz CT molecular complexity index is 541. The number of carbonyl (C=O) groups is 1. The van der Waals surface area contributed by atoms with Crippen molar-refractivity contribution < 1.29 is 27.5 Å². The average Bonchev–Trinajstić information content (AvgIpc) is 2.61. The molecule has 0 heterocycles. The Labute approximate surface area is 157 Å². The van der Waals surface area contributed by atoms with Crippen molar-refractivity contribution in [3.63, 3.8) is 0 Å². The number of hydrogen-bond donors (Lipinski definition) is 0. The van der Waals surface area contributed by atoms with Gasteiger partial charge in [0.15, 0.2) is 6.29 Å². The molecule has 0 fully saturated rings. The van der Waals surface area contributed by atoms with Crippen LogP contribution in [0.15, 0.2) is 30.3 Å². The van der Waals surface area contributed by atoms with Gasteiger partial charge < -0.3 is 22.8 Å². The molecule has 0 saturated heterocycles. The summed E-state index contributed by atoms with van der Waals surface area (Å²) in [5, 5.41) is 0. The van der Waals surface area contributed by atoms with Gasteiger partial charge >= 0.3 is 14.8 Å². The Hall–Kier alpha value is -1.67. The number of ether oxygens (including phenoxy) is 2. The minimum Gasteiger partial charge on any atom is -0.497 e. The van der Waals surface area contributed by atoms with Gasteiger partial charge in [-0.1, -0.05) is 25.5 Å². The molecule has 0 aromatic heterocycles. The molecule has 6 nitrogen and oxygen atoms in total. The van der Waals surface area contributed by atoms with E-state index in [1.807, 2.05) is 45.0 Å². The Kier molecular flexibility index (Phi) is 10.2. The molecular weight excluding hydrogens is 352 g/mol. The van der Waals surface area contributed by atoms with E-state index in [4.69, 9.17) is 22.8 Å². The van der Waals surface area contributed by atoms with Gasteiger partial charge in [0.2, 0.25) is 0 Å². The first kappa shape index (κ1) is 22.4. The van der Waals surface area contributed by atoms with Crippen LogP contribution in [0.5, 0.6) is 5.75 Å². The van der Waals surface area contributed by atoms with Crippen molar-refractivity contribution >= 4 is 20.8 Å². The first-order valence-corrected chi connectivity index (χ1v) is 10.9. The molecule has 1 aromatic rings. The van der Waals surface area contributed by atoms with E-state index in [0.29, 0.717) is 19.3 Å². The molecule has 0 spiro atoms. The van der Waals surface area contributed by atoms with Crippen LogP contribution in [0.1, 0.15) is 39.7 Å². The highest BCUT2D eigenvalue weighted by atomic mass is 28.4. The maximum atomic E-state index is 12.0. The zero-order valence-electron chi connectivity index (χ0n) is 16.3. The Morgan fingerprint density at radius 3 is 2.23 bits per heavy atom. The fourth-order valence-corrected chi connectivity index (χ4v) is 5.09. The number of rotatable bonds is 12. The maximum Gasteiger partial charge on any atom is 0.503 e. The summed E-state index contributed by atoms with van der Waals surface area (Å²) in [5.74, 6) is 0.275. The van der Waals surface area contributed by atoms with Gasteiger partial charge in [0.05, 0.1) is 7.11 Å². The topological polar surface area (TPSA) is 63.2 Å². The van der Waals surface area contributed by atoms with Crippen molar-refractivity contribution in [3.8, 4) is 5.75 Å². The highest BCUT2D eigenvalue weighted by molar-refractivity contribution is 6.60. The fraction of sp³-hybridized carbons (Fsp3) is 0.526. The summed E-state index contributed by atoms with van der Waals surface area (Å²) in [5.41, 5.74) is 0.870. The van der Waals surface area contributed by atoms with E-state index in [2.05, 4.69) is 0 Å². The summed E-state index contributed by atoms with van der Waals surface area (Å²) in [4.78, 5) is 12.0. The van der Waals surface area contributed by atoms with E-state index in [1.54, 1.807) is 20.1 Å². The van der Waals surface area contributed by atoms with Crippen LogP contribution in [-0.4, -0.2) is 41.4 Å². The highest BCUT2D eigenvalue weighted by Gasteiger charge is 2.42. The normalized spacial score (nSPS) is 13.0. The second kappa shape index (κ2) is 11.8. The van der Waals surface area contributed by atoms with Gasteiger partial charge in [-0.05, 0) is 44.5 Å². The van der Waals surface area contributed by atoms with Crippen LogP contribution < -0.4 is 4.74 Å². The summed E-state index contributed by atoms with van der Waals surface area (Å²) in [6.45, 7) is 8.49. The monoisotopic (exact) mass is 382 g/mol. The standard InChI is InChI=1S/C19H30O6Si/c1-6-15-26(22-7-2,23-8-3)25-16(4)24-19(20)14-11-17-9-12-18(21-5)13-10-17/h9-14,16H,6-8,15H2,1-5H3. The van der Waals surface area contributed by atoms with E-state index >= 15 is 0 Å². The van der Waals surface area contributed by atoms with Gasteiger partial charge in [0, 0.05) is 25.3 Å². The van der Waals surface area contributed by atoms with Crippen LogP contribution >= 0.6 is 0 Å². The molecule has 1 aromatic carbocycles. The minimum atomic E-state index is -2.84. The molecule has 0 N–H and O–H groups in total. The van der Waals surface area contributed by atoms with Crippen molar-refractivity contribution in [1.82, 2.24) is 0 Å². The second-order valence-corrected chi connectivity index (χ2v) is 8.21. The fourth-order valence-electron chi connectivity index (χ4n) is 2.42. The summed E-state index contributed by atoms with van der Waals surface area (Å²) in [6, 6.07) is 8.04. The van der Waals surface area contributed by atoms with Gasteiger partial charge in [-0.15, -0.1) is 0 Å². The molecule has 0 amide bonds. The lowest BCUT2D eigenvalue weighted by molar-refractivity contribution is -0.161. The third-order valence-electron chi connectivity index (χ3n) is 3.44. The summed E-state index contributed by atoms with van der Waals surface area (Å²) < 4.78 is 27.9. The molecule has 0 saturated carbocycles. The third kappa shape index (κ3) is 7.70.